The summed E-state index contributed by atoms with van der Waals surface area (Å²) < 4.78 is 1.71. The molecule has 1 aliphatic heterocycles. The van der Waals surface area contributed by atoms with Gasteiger partial charge >= 0.3 is 0 Å². The molecule has 0 spiro atoms. The van der Waals surface area contributed by atoms with Gasteiger partial charge in [0.2, 0.25) is 11.8 Å². The number of benzene rings is 2. The average Bonchev–Trinajstić information content (AvgIpc) is 3.52. The number of fused-ring (bicyclic) bond motifs is 1. The zero-order chi connectivity index (χ0) is 25.9. The Bertz CT molecular complexity index is 1440. The predicted molar refractivity (Wildman–Crippen MR) is 153 cm³/mol. The first-order chi connectivity index (χ1) is 18.0. The van der Waals surface area contributed by atoms with Crippen molar-refractivity contribution in [2.24, 2.45) is 0 Å². The molecule has 0 saturated heterocycles. The van der Waals surface area contributed by atoms with Crippen molar-refractivity contribution in [3.63, 3.8) is 0 Å². The zero-order valence-electron chi connectivity index (χ0n) is 20.0. The lowest BCUT2D eigenvalue weighted by Gasteiger charge is -2.23. The van der Waals surface area contributed by atoms with E-state index in [4.69, 9.17) is 28.3 Å². The van der Waals surface area contributed by atoms with Gasteiger partial charge < -0.3 is 5.32 Å². The molecule has 0 saturated carbocycles. The highest BCUT2D eigenvalue weighted by atomic mass is 35.5. The van der Waals surface area contributed by atoms with E-state index in [1.807, 2.05) is 66.9 Å². The molecule has 1 atom stereocenters. The Hall–Kier alpha value is -2.78. The second-order valence-electron chi connectivity index (χ2n) is 8.50. The first kappa shape index (κ1) is 25.9. The minimum atomic E-state index is -0.241. The van der Waals surface area contributed by atoms with Gasteiger partial charge in [-0.3, -0.25) is 14.5 Å². The molecule has 0 aliphatic carbocycles. The first-order valence-corrected chi connectivity index (χ1v) is 14.5. The van der Waals surface area contributed by atoms with Gasteiger partial charge in [0.25, 0.3) is 0 Å². The van der Waals surface area contributed by atoms with Crippen molar-refractivity contribution in [3.8, 4) is 16.3 Å². The zero-order valence-corrected chi connectivity index (χ0v) is 23.1. The Morgan fingerprint density at radius 1 is 1.14 bits per heavy atom. The van der Waals surface area contributed by atoms with Gasteiger partial charge in [-0.2, -0.15) is 5.10 Å². The fourth-order valence-electron chi connectivity index (χ4n) is 4.30. The molecule has 1 aliphatic rings. The van der Waals surface area contributed by atoms with Crippen LogP contribution in [0, 0.1) is 0 Å². The van der Waals surface area contributed by atoms with Crippen LogP contribution in [0.3, 0.4) is 0 Å². The van der Waals surface area contributed by atoms with Gasteiger partial charge in [0, 0.05) is 17.1 Å². The Balaban J connectivity index is 1.79. The summed E-state index contributed by atoms with van der Waals surface area (Å²) in [6.45, 7) is 2.41. The maximum Gasteiger partial charge on any atom is 0.240 e. The van der Waals surface area contributed by atoms with E-state index < -0.39 is 0 Å². The lowest BCUT2D eigenvalue weighted by molar-refractivity contribution is -0.122. The van der Waals surface area contributed by atoms with E-state index in [9.17, 15) is 9.59 Å². The molecule has 6 nitrogen and oxygen atoms in total. The second-order valence-corrected chi connectivity index (χ2v) is 11.4. The van der Waals surface area contributed by atoms with Gasteiger partial charge in [0.1, 0.15) is 18.1 Å². The number of thioether (sulfide) groups is 1. The normalized spacial score (nSPS) is 15.4. The third-order valence-electron chi connectivity index (χ3n) is 5.95. The van der Waals surface area contributed by atoms with Gasteiger partial charge in [-0.25, -0.2) is 4.68 Å². The smallest absolute Gasteiger partial charge is 0.240 e. The minimum absolute atomic E-state index is 0.116. The number of hydrogen-bond donors (Lipinski definition) is 1. The molecule has 0 bridgehead atoms. The molecule has 1 unspecified atom stereocenters. The largest absolute Gasteiger partial charge is 0.355 e. The quantitative estimate of drug-likeness (QED) is 0.271. The van der Waals surface area contributed by atoms with Crippen LogP contribution in [0.4, 0.5) is 5.82 Å². The lowest BCUT2D eigenvalue weighted by atomic mass is 10.0. The molecule has 4 aromatic rings. The molecule has 2 aromatic carbocycles. The number of carbonyl (C=O) groups is 2. The molecule has 2 aromatic heterocycles. The molecule has 0 radical (unpaired) electrons. The van der Waals surface area contributed by atoms with Crippen molar-refractivity contribution < 1.29 is 9.59 Å². The summed E-state index contributed by atoms with van der Waals surface area (Å²) in [5.41, 5.74) is 3.19. The molecule has 37 heavy (non-hydrogen) atoms. The maximum absolute atomic E-state index is 13.6. The highest BCUT2D eigenvalue weighted by Crippen LogP contribution is 2.49. The predicted octanol–water partition coefficient (Wildman–Crippen LogP) is 6.60. The molecule has 5 rings (SSSR count). The third kappa shape index (κ3) is 5.29. The summed E-state index contributed by atoms with van der Waals surface area (Å²) in [5.74, 6) is 0.340. The Morgan fingerprint density at radius 3 is 2.70 bits per heavy atom. The number of rotatable bonds is 7. The number of carbonyl (C=O) groups excluding carboxylic acids is 2. The van der Waals surface area contributed by atoms with Crippen LogP contribution in [-0.2, 0) is 9.59 Å². The number of nitrogens with zero attached hydrogens (tertiary/aromatic N) is 3. The highest BCUT2D eigenvalue weighted by molar-refractivity contribution is 8.00. The van der Waals surface area contributed by atoms with Crippen molar-refractivity contribution in [2.75, 3.05) is 23.7 Å². The summed E-state index contributed by atoms with van der Waals surface area (Å²) in [6, 6.07) is 19.0. The second kappa shape index (κ2) is 11.3. The van der Waals surface area contributed by atoms with E-state index in [0.717, 1.165) is 28.1 Å². The monoisotopic (exact) mass is 570 g/mol. The fourth-order valence-corrected chi connectivity index (χ4v) is 6.63. The highest BCUT2D eigenvalue weighted by Gasteiger charge is 2.38. The van der Waals surface area contributed by atoms with Crippen LogP contribution in [0.1, 0.15) is 29.7 Å². The van der Waals surface area contributed by atoms with Crippen LogP contribution in [0.25, 0.3) is 16.3 Å². The maximum atomic E-state index is 13.6. The summed E-state index contributed by atoms with van der Waals surface area (Å²) in [5, 5.41) is 10.8. The molecule has 2 amide bonds. The van der Waals surface area contributed by atoms with E-state index >= 15 is 0 Å². The van der Waals surface area contributed by atoms with Gasteiger partial charge in [-0.1, -0.05) is 60.5 Å². The van der Waals surface area contributed by atoms with Crippen molar-refractivity contribution in [3.05, 3.63) is 87.2 Å². The SMILES string of the molecule is CCCNC(=O)CN1C(=O)CSC(c2cccc(Cl)c2)c2c(-c3cccs3)nn(-c3ccccc3Cl)c21. The van der Waals surface area contributed by atoms with Crippen molar-refractivity contribution in [1.82, 2.24) is 15.1 Å². The van der Waals surface area contributed by atoms with Crippen LogP contribution >= 0.6 is 46.3 Å². The molecular weight excluding hydrogens is 547 g/mol. The number of thiophene rings is 1. The molecule has 0 fully saturated rings. The number of hydrogen-bond acceptors (Lipinski definition) is 5. The topological polar surface area (TPSA) is 67.2 Å². The number of amides is 2. The molecule has 1 N–H and O–H groups in total. The van der Waals surface area contributed by atoms with Crippen LogP contribution in [0.2, 0.25) is 10.0 Å². The van der Waals surface area contributed by atoms with Crippen LogP contribution in [0.5, 0.6) is 0 Å². The molecule has 3 heterocycles. The fraction of sp³-hybridized carbons (Fsp3) is 0.222. The number of nitrogens with one attached hydrogen (secondary N) is 1. The molecule has 10 heteroatoms. The Morgan fingerprint density at radius 2 is 1.97 bits per heavy atom. The lowest BCUT2D eigenvalue weighted by Crippen LogP contribution is -2.42. The van der Waals surface area contributed by atoms with Crippen LogP contribution in [0.15, 0.2) is 66.0 Å². The van der Waals surface area contributed by atoms with E-state index in [-0.39, 0.29) is 29.4 Å². The van der Waals surface area contributed by atoms with Gasteiger partial charge in [0.15, 0.2) is 0 Å². The standard InChI is InChI=1S/C27H24Cl2N4O2S2/c1-2-12-30-22(34)15-32-23(35)16-37-26(17-7-5-8-18(28)14-17)24-25(21-11-6-13-36-21)31-33(27(24)32)20-10-4-3-9-19(20)29/h3-11,13-14,26H,2,12,15-16H2,1H3,(H,30,34). The summed E-state index contributed by atoms with van der Waals surface area (Å²) in [6.07, 6.45) is 0.803. The number of aromatic nitrogens is 2. The first-order valence-electron chi connectivity index (χ1n) is 11.8. The van der Waals surface area contributed by atoms with Crippen molar-refractivity contribution >= 4 is 63.9 Å². The number of anilines is 1. The van der Waals surface area contributed by atoms with E-state index in [0.29, 0.717) is 28.1 Å². The van der Waals surface area contributed by atoms with E-state index in [1.54, 1.807) is 27.0 Å². The minimum Gasteiger partial charge on any atom is -0.355 e. The van der Waals surface area contributed by atoms with Crippen molar-refractivity contribution in [2.45, 2.75) is 18.6 Å². The van der Waals surface area contributed by atoms with Crippen molar-refractivity contribution in [1.29, 1.82) is 0 Å². The summed E-state index contributed by atoms with van der Waals surface area (Å²) >= 11 is 16.1. The molecular formula is C27H24Cl2N4O2S2. The summed E-state index contributed by atoms with van der Waals surface area (Å²) in [7, 11) is 0. The molecule has 190 valence electrons. The summed E-state index contributed by atoms with van der Waals surface area (Å²) in [4.78, 5) is 29.0. The van der Waals surface area contributed by atoms with Crippen LogP contribution < -0.4 is 10.2 Å². The van der Waals surface area contributed by atoms with E-state index in [1.165, 1.54) is 11.8 Å². The number of halogens is 2. The Kier molecular flexibility index (Phi) is 7.90. The Labute approximate surface area is 233 Å². The van der Waals surface area contributed by atoms with E-state index in [2.05, 4.69) is 5.32 Å². The average molecular weight is 572 g/mol. The van der Waals surface area contributed by atoms with Gasteiger partial charge in [0.05, 0.1) is 26.6 Å². The van der Waals surface area contributed by atoms with Gasteiger partial charge in [-0.05, 0) is 47.7 Å². The third-order valence-corrected chi connectivity index (χ3v) is 8.64. The number of para-hydroxylation sites is 1. The van der Waals surface area contributed by atoms with Crippen LogP contribution in [-0.4, -0.2) is 40.4 Å². The van der Waals surface area contributed by atoms with Gasteiger partial charge in [-0.15, -0.1) is 23.1 Å².